The molecule has 114 valence electrons. The highest BCUT2D eigenvalue weighted by Crippen LogP contribution is 2.11. The lowest BCUT2D eigenvalue weighted by Crippen LogP contribution is -2.33. The lowest BCUT2D eigenvalue weighted by molar-refractivity contribution is 0.227. The summed E-state index contributed by atoms with van der Waals surface area (Å²) in [5.41, 5.74) is 0.457. The van der Waals surface area contributed by atoms with Gasteiger partial charge in [0, 0.05) is 6.54 Å². The third-order valence-electron chi connectivity index (χ3n) is 3.69. The summed E-state index contributed by atoms with van der Waals surface area (Å²) >= 11 is 0. The van der Waals surface area contributed by atoms with Crippen LogP contribution in [0.5, 0.6) is 0 Å². The van der Waals surface area contributed by atoms with Gasteiger partial charge in [0.1, 0.15) is 0 Å². The standard InChI is InChI=1S/C15H21N3O2S/c16-13-14-5-7-15(8-6-14)21(19,20)17-9-4-12-18-10-2-1-3-11-18/h5-8,17H,1-4,9-12H2. The molecule has 1 fully saturated rings. The Bertz CT molecular complexity index is 584. The summed E-state index contributed by atoms with van der Waals surface area (Å²) < 4.78 is 26.8. The molecule has 0 amide bonds. The minimum absolute atomic E-state index is 0.208. The summed E-state index contributed by atoms with van der Waals surface area (Å²) in [6, 6.07) is 7.93. The zero-order valence-corrected chi connectivity index (χ0v) is 12.9. The highest BCUT2D eigenvalue weighted by atomic mass is 32.2. The molecule has 1 aliphatic rings. The number of hydrogen-bond acceptors (Lipinski definition) is 4. The van der Waals surface area contributed by atoms with Crippen LogP contribution < -0.4 is 4.72 Å². The minimum atomic E-state index is -3.47. The number of benzene rings is 1. The number of nitrogens with one attached hydrogen (secondary N) is 1. The van der Waals surface area contributed by atoms with Crippen LogP contribution in [0.4, 0.5) is 0 Å². The van der Waals surface area contributed by atoms with Crippen molar-refractivity contribution in [1.82, 2.24) is 9.62 Å². The van der Waals surface area contributed by atoms with Crippen LogP contribution in [0.3, 0.4) is 0 Å². The van der Waals surface area contributed by atoms with Gasteiger partial charge >= 0.3 is 0 Å². The number of sulfonamides is 1. The predicted molar refractivity (Wildman–Crippen MR) is 81.3 cm³/mol. The summed E-state index contributed by atoms with van der Waals surface area (Å²) in [6.45, 7) is 3.64. The maximum atomic E-state index is 12.1. The molecule has 21 heavy (non-hydrogen) atoms. The monoisotopic (exact) mass is 307 g/mol. The van der Waals surface area contributed by atoms with Gasteiger partial charge in [-0.2, -0.15) is 5.26 Å². The van der Waals surface area contributed by atoms with E-state index in [4.69, 9.17) is 5.26 Å². The van der Waals surface area contributed by atoms with Crippen LogP contribution >= 0.6 is 0 Å². The first-order valence-corrected chi connectivity index (χ1v) is 8.82. The Morgan fingerprint density at radius 2 is 1.81 bits per heavy atom. The smallest absolute Gasteiger partial charge is 0.240 e. The van der Waals surface area contributed by atoms with E-state index in [1.54, 1.807) is 0 Å². The van der Waals surface area contributed by atoms with Gasteiger partial charge in [-0.05, 0) is 63.2 Å². The molecular formula is C15H21N3O2S. The molecule has 1 aromatic rings. The van der Waals surface area contributed by atoms with E-state index in [9.17, 15) is 8.42 Å². The van der Waals surface area contributed by atoms with Crippen molar-refractivity contribution in [3.8, 4) is 6.07 Å². The third kappa shape index (κ3) is 4.81. The molecule has 0 saturated carbocycles. The molecule has 2 rings (SSSR count). The van der Waals surface area contributed by atoms with Crippen LogP contribution in [-0.2, 0) is 10.0 Å². The maximum absolute atomic E-state index is 12.1. The molecule has 1 aliphatic heterocycles. The van der Waals surface area contributed by atoms with Crippen LogP contribution in [0.2, 0.25) is 0 Å². The van der Waals surface area contributed by atoms with Crippen molar-refractivity contribution in [2.45, 2.75) is 30.6 Å². The predicted octanol–water partition coefficient (Wildman–Crippen LogP) is 1.71. The van der Waals surface area contributed by atoms with Crippen LogP contribution in [0.1, 0.15) is 31.2 Å². The molecule has 0 aliphatic carbocycles. The quantitative estimate of drug-likeness (QED) is 0.812. The van der Waals surface area contributed by atoms with Crippen LogP contribution in [0.25, 0.3) is 0 Å². The Morgan fingerprint density at radius 1 is 1.14 bits per heavy atom. The molecule has 6 heteroatoms. The van der Waals surface area contributed by atoms with E-state index in [1.165, 1.54) is 43.5 Å². The Balaban J connectivity index is 1.79. The molecule has 5 nitrogen and oxygen atoms in total. The second kappa shape index (κ2) is 7.55. The average Bonchev–Trinajstić information content (AvgIpc) is 2.53. The van der Waals surface area contributed by atoms with Crippen molar-refractivity contribution in [2.24, 2.45) is 0 Å². The Hall–Kier alpha value is -1.42. The summed E-state index contributed by atoms with van der Waals surface area (Å²) in [5.74, 6) is 0. The van der Waals surface area contributed by atoms with Gasteiger partial charge in [-0.3, -0.25) is 0 Å². The van der Waals surface area contributed by atoms with Gasteiger partial charge in [0.05, 0.1) is 16.5 Å². The van der Waals surface area contributed by atoms with Gasteiger partial charge in [-0.15, -0.1) is 0 Å². The topological polar surface area (TPSA) is 73.2 Å². The number of hydrogen-bond donors (Lipinski definition) is 1. The van der Waals surface area contributed by atoms with Crippen molar-refractivity contribution in [2.75, 3.05) is 26.2 Å². The van der Waals surface area contributed by atoms with Crippen molar-refractivity contribution in [3.63, 3.8) is 0 Å². The number of likely N-dealkylation sites (tertiary alicyclic amines) is 1. The first-order valence-electron chi connectivity index (χ1n) is 7.34. The normalized spacial score (nSPS) is 16.5. The van der Waals surface area contributed by atoms with Crippen LogP contribution in [0.15, 0.2) is 29.2 Å². The molecule has 0 aromatic heterocycles. The van der Waals surface area contributed by atoms with Gasteiger partial charge in [0.15, 0.2) is 0 Å². The fourth-order valence-corrected chi connectivity index (χ4v) is 3.56. The molecular weight excluding hydrogens is 286 g/mol. The van der Waals surface area contributed by atoms with E-state index in [-0.39, 0.29) is 4.90 Å². The minimum Gasteiger partial charge on any atom is -0.303 e. The molecule has 1 N–H and O–H groups in total. The molecule has 0 radical (unpaired) electrons. The lowest BCUT2D eigenvalue weighted by Gasteiger charge is -2.26. The Kier molecular flexibility index (Phi) is 5.74. The SMILES string of the molecule is N#Cc1ccc(S(=O)(=O)NCCCN2CCCCC2)cc1. The van der Waals surface area contributed by atoms with Crippen molar-refractivity contribution >= 4 is 10.0 Å². The summed E-state index contributed by atoms with van der Waals surface area (Å²) in [6.07, 6.45) is 4.62. The summed E-state index contributed by atoms with van der Waals surface area (Å²) in [5, 5.41) is 8.71. The van der Waals surface area contributed by atoms with Crippen LogP contribution in [-0.4, -0.2) is 39.5 Å². The second-order valence-corrected chi connectivity index (χ2v) is 7.06. The number of nitrogens with zero attached hydrogens (tertiary/aromatic N) is 2. The number of piperidine rings is 1. The highest BCUT2D eigenvalue weighted by Gasteiger charge is 2.14. The summed E-state index contributed by atoms with van der Waals surface area (Å²) in [7, 11) is -3.47. The fourth-order valence-electron chi connectivity index (χ4n) is 2.48. The van der Waals surface area contributed by atoms with Gasteiger partial charge in [0.2, 0.25) is 10.0 Å². The van der Waals surface area contributed by atoms with Gasteiger partial charge in [-0.25, -0.2) is 13.1 Å². The zero-order valence-electron chi connectivity index (χ0n) is 12.1. The molecule has 1 saturated heterocycles. The maximum Gasteiger partial charge on any atom is 0.240 e. The number of rotatable bonds is 6. The van der Waals surface area contributed by atoms with E-state index < -0.39 is 10.0 Å². The Morgan fingerprint density at radius 3 is 2.43 bits per heavy atom. The molecule has 0 spiro atoms. The van der Waals surface area contributed by atoms with Gasteiger partial charge in [0.25, 0.3) is 0 Å². The second-order valence-electron chi connectivity index (χ2n) is 5.29. The van der Waals surface area contributed by atoms with Crippen molar-refractivity contribution in [1.29, 1.82) is 5.26 Å². The highest BCUT2D eigenvalue weighted by molar-refractivity contribution is 7.89. The van der Waals surface area contributed by atoms with Crippen molar-refractivity contribution < 1.29 is 8.42 Å². The summed E-state index contributed by atoms with van der Waals surface area (Å²) in [4.78, 5) is 2.60. The lowest BCUT2D eigenvalue weighted by atomic mass is 10.1. The Labute approximate surface area is 126 Å². The first-order chi connectivity index (χ1) is 10.1. The van der Waals surface area contributed by atoms with E-state index in [0.717, 1.165) is 26.1 Å². The molecule has 0 atom stereocenters. The van der Waals surface area contributed by atoms with E-state index in [2.05, 4.69) is 9.62 Å². The average molecular weight is 307 g/mol. The first kappa shape index (κ1) is 16.0. The zero-order chi connectivity index (χ0) is 15.1. The van der Waals surface area contributed by atoms with E-state index in [0.29, 0.717) is 12.1 Å². The van der Waals surface area contributed by atoms with E-state index >= 15 is 0 Å². The molecule has 0 unspecified atom stereocenters. The molecule has 0 bridgehead atoms. The fraction of sp³-hybridized carbons (Fsp3) is 0.533. The van der Waals surface area contributed by atoms with Crippen molar-refractivity contribution in [3.05, 3.63) is 29.8 Å². The molecule has 1 aromatic carbocycles. The number of nitriles is 1. The third-order valence-corrected chi connectivity index (χ3v) is 5.16. The van der Waals surface area contributed by atoms with Gasteiger partial charge in [-0.1, -0.05) is 6.42 Å². The molecule has 1 heterocycles. The van der Waals surface area contributed by atoms with Gasteiger partial charge < -0.3 is 4.90 Å². The van der Waals surface area contributed by atoms with E-state index in [1.807, 2.05) is 6.07 Å². The van der Waals surface area contributed by atoms with Crippen LogP contribution in [0, 0.1) is 11.3 Å². The largest absolute Gasteiger partial charge is 0.303 e.